The molecule has 0 heterocycles. The van der Waals surface area contributed by atoms with Crippen LogP contribution in [0, 0.1) is 6.92 Å². The molecule has 0 amide bonds. The van der Waals surface area contributed by atoms with E-state index in [1.807, 2.05) is 6.92 Å². The second-order valence-corrected chi connectivity index (χ2v) is 5.97. The predicted molar refractivity (Wildman–Crippen MR) is 98.3 cm³/mol. The second kappa shape index (κ2) is 10.1. The summed E-state index contributed by atoms with van der Waals surface area (Å²) in [5.41, 5.74) is 2.34. The fraction of sp³-hybridized carbons (Fsp3) is 0.611. The normalized spacial score (nSPS) is 11.9. The smallest absolute Gasteiger partial charge is 0.191 e. The molecule has 0 saturated carbocycles. The summed E-state index contributed by atoms with van der Waals surface area (Å²) in [6, 6.07) is 6.84. The highest BCUT2D eigenvalue weighted by Crippen LogP contribution is 2.20. The Kier molecular flexibility index (Phi) is 8.48. The maximum Gasteiger partial charge on any atom is 0.191 e. The van der Waals surface area contributed by atoms with Crippen molar-refractivity contribution in [1.29, 1.82) is 0 Å². The summed E-state index contributed by atoms with van der Waals surface area (Å²) in [5.74, 6) is 1.75. The topological polar surface area (TPSA) is 48.9 Å². The third kappa shape index (κ3) is 6.91. The number of aryl methyl sites for hydroxylation is 1. The van der Waals surface area contributed by atoms with Crippen molar-refractivity contribution in [1.82, 2.24) is 15.5 Å². The van der Waals surface area contributed by atoms with Gasteiger partial charge in [-0.25, -0.2) is 0 Å². The van der Waals surface area contributed by atoms with Gasteiger partial charge in [-0.3, -0.25) is 4.99 Å². The molecule has 0 aliphatic heterocycles. The molecule has 0 atom stereocenters. The van der Waals surface area contributed by atoms with E-state index in [1.165, 1.54) is 5.56 Å². The van der Waals surface area contributed by atoms with Gasteiger partial charge in [0.1, 0.15) is 5.75 Å². The first-order chi connectivity index (χ1) is 11.0. The van der Waals surface area contributed by atoms with E-state index in [0.29, 0.717) is 19.2 Å². The molecule has 0 aliphatic rings. The van der Waals surface area contributed by atoms with E-state index < -0.39 is 0 Å². The minimum absolute atomic E-state index is 0.549. The predicted octanol–water partition coefficient (Wildman–Crippen LogP) is 2.40. The van der Waals surface area contributed by atoms with Crippen LogP contribution in [-0.2, 0) is 6.54 Å². The van der Waals surface area contributed by atoms with Gasteiger partial charge >= 0.3 is 0 Å². The van der Waals surface area contributed by atoms with Crippen LogP contribution in [0.5, 0.6) is 5.75 Å². The van der Waals surface area contributed by atoms with Crippen molar-refractivity contribution >= 4 is 5.96 Å². The summed E-state index contributed by atoms with van der Waals surface area (Å²) in [7, 11) is 3.92. The molecule has 0 spiro atoms. The molecule has 5 nitrogen and oxygen atoms in total. The van der Waals surface area contributed by atoms with Gasteiger partial charge in [0.25, 0.3) is 0 Å². The van der Waals surface area contributed by atoms with Crippen molar-refractivity contribution in [2.45, 2.75) is 40.3 Å². The van der Waals surface area contributed by atoms with Crippen molar-refractivity contribution in [2.24, 2.45) is 4.99 Å². The van der Waals surface area contributed by atoms with Crippen LogP contribution in [0.15, 0.2) is 23.2 Å². The lowest BCUT2D eigenvalue weighted by molar-refractivity contribution is 0.278. The van der Waals surface area contributed by atoms with Crippen molar-refractivity contribution in [2.75, 3.05) is 33.8 Å². The quantitative estimate of drug-likeness (QED) is 0.570. The van der Waals surface area contributed by atoms with Gasteiger partial charge in [0.2, 0.25) is 0 Å². The number of likely N-dealkylation sites (N-methyl/N-ethyl adjacent to an activating group) is 1. The van der Waals surface area contributed by atoms with Crippen LogP contribution in [0.25, 0.3) is 0 Å². The molecule has 23 heavy (non-hydrogen) atoms. The van der Waals surface area contributed by atoms with Crippen LogP contribution in [0.2, 0.25) is 0 Å². The van der Waals surface area contributed by atoms with Gasteiger partial charge in [-0.15, -0.1) is 0 Å². The van der Waals surface area contributed by atoms with Crippen molar-refractivity contribution in [3.63, 3.8) is 0 Å². The third-order valence-corrected chi connectivity index (χ3v) is 3.83. The molecule has 0 bridgehead atoms. The Morgan fingerprint density at radius 3 is 2.65 bits per heavy atom. The van der Waals surface area contributed by atoms with Crippen LogP contribution in [0.4, 0.5) is 0 Å². The number of ether oxygens (including phenoxy) is 1. The molecule has 0 unspecified atom stereocenters. The van der Waals surface area contributed by atoms with Crippen LogP contribution < -0.4 is 15.4 Å². The van der Waals surface area contributed by atoms with Gasteiger partial charge in [-0.2, -0.15) is 0 Å². The fourth-order valence-electron chi connectivity index (χ4n) is 2.11. The molecule has 0 aliphatic carbocycles. The Labute approximate surface area is 141 Å². The molecule has 5 heteroatoms. The van der Waals surface area contributed by atoms with Gasteiger partial charge in [-0.1, -0.05) is 12.1 Å². The van der Waals surface area contributed by atoms with E-state index in [9.17, 15) is 0 Å². The van der Waals surface area contributed by atoms with Crippen LogP contribution in [0.3, 0.4) is 0 Å². The fourth-order valence-corrected chi connectivity index (χ4v) is 2.11. The first-order valence-corrected chi connectivity index (χ1v) is 8.35. The van der Waals surface area contributed by atoms with E-state index in [-0.39, 0.29) is 0 Å². The molecule has 1 rings (SSSR count). The van der Waals surface area contributed by atoms with Crippen molar-refractivity contribution in [3.8, 4) is 5.75 Å². The zero-order valence-corrected chi connectivity index (χ0v) is 15.4. The first-order valence-electron chi connectivity index (χ1n) is 8.35. The van der Waals surface area contributed by atoms with Crippen LogP contribution >= 0.6 is 0 Å². The van der Waals surface area contributed by atoms with E-state index in [2.05, 4.69) is 66.5 Å². The number of nitrogens with one attached hydrogen (secondary N) is 2. The summed E-state index contributed by atoms with van der Waals surface area (Å²) in [6.07, 6.45) is 0. The average Bonchev–Trinajstić information content (AvgIpc) is 2.52. The Bertz CT molecular complexity index is 500. The maximum atomic E-state index is 5.72. The van der Waals surface area contributed by atoms with E-state index in [4.69, 9.17) is 4.74 Å². The molecule has 0 aromatic heterocycles. The van der Waals surface area contributed by atoms with Gasteiger partial charge in [0.15, 0.2) is 5.96 Å². The second-order valence-electron chi connectivity index (χ2n) is 5.97. The number of hydrogen-bond donors (Lipinski definition) is 2. The summed E-state index contributed by atoms with van der Waals surface area (Å²) < 4.78 is 5.72. The summed E-state index contributed by atoms with van der Waals surface area (Å²) in [6.45, 7) is 11.7. The average molecular weight is 320 g/mol. The minimum Gasteiger partial charge on any atom is -0.494 e. The molecule has 2 N–H and O–H groups in total. The number of rotatable bonds is 8. The Morgan fingerprint density at radius 2 is 2.04 bits per heavy atom. The number of hydrogen-bond acceptors (Lipinski definition) is 3. The highest BCUT2D eigenvalue weighted by atomic mass is 16.5. The number of aliphatic imine (C=N–C) groups is 1. The summed E-state index contributed by atoms with van der Waals surface area (Å²) in [5, 5.41) is 6.69. The highest BCUT2D eigenvalue weighted by molar-refractivity contribution is 5.79. The van der Waals surface area contributed by atoms with Crippen LogP contribution in [-0.4, -0.2) is 50.7 Å². The maximum absolute atomic E-state index is 5.72. The van der Waals surface area contributed by atoms with E-state index in [0.717, 1.165) is 30.4 Å². The molecule has 0 saturated heterocycles. The summed E-state index contributed by atoms with van der Waals surface area (Å²) in [4.78, 5) is 6.57. The van der Waals surface area contributed by atoms with Crippen LogP contribution in [0.1, 0.15) is 31.9 Å². The van der Waals surface area contributed by atoms with Gasteiger partial charge in [0, 0.05) is 38.3 Å². The Morgan fingerprint density at radius 1 is 1.30 bits per heavy atom. The molecule has 130 valence electrons. The Balaban J connectivity index is 2.52. The zero-order valence-electron chi connectivity index (χ0n) is 15.4. The lowest BCUT2D eigenvalue weighted by atomic mass is 10.1. The lowest BCUT2D eigenvalue weighted by Crippen LogP contribution is -2.41. The third-order valence-electron chi connectivity index (χ3n) is 3.83. The van der Waals surface area contributed by atoms with Gasteiger partial charge < -0.3 is 20.3 Å². The van der Waals surface area contributed by atoms with Crippen molar-refractivity contribution < 1.29 is 4.74 Å². The van der Waals surface area contributed by atoms with Gasteiger partial charge in [-0.05, 0) is 46.4 Å². The van der Waals surface area contributed by atoms with E-state index in [1.54, 1.807) is 7.05 Å². The summed E-state index contributed by atoms with van der Waals surface area (Å²) >= 11 is 0. The Hall–Kier alpha value is -1.75. The molecule has 0 fully saturated rings. The zero-order chi connectivity index (χ0) is 17.2. The monoisotopic (exact) mass is 320 g/mol. The molecule has 1 aromatic carbocycles. The molecule has 0 radical (unpaired) electrons. The SMILES string of the molecule is CCOc1cc(C)ccc1CNC(=NC)NCCN(C)C(C)C. The number of guanidine groups is 1. The molecule has 1 aromatic rings. The van der Waals surface area contributed by atoms with Gasteiger partial charge in [0.05, 0.1) is 6.61 Å². The number of benzene rings is 1. The highest BCUT2D eigenvalue weighted by Gasteiger charge is 2.06. The molecular formula is C18H32N4O. The molecular weight excluding hydrogens is 288 g/mol. The standard InChI is InChI=1S/C18H32N4O/c1-7-23-17-12-15(4)8-9-16(17)13-21-18(19-5)20-10-11-22(6)14(2)3/h8-9,12,14H,7,10-11,13H2,1-6H3,(H2,19,20,21). The van der Waals surface area contributed by atoms with Crippen molar-refractivity contribution in [3.05, 3.63) is 29.3 Å². The minimum atomic E-state index is 0.549. The first kappa shape index (κ1) is 19.3. The number of nitrogens with zero attached hydrogens (tertiary/aromatic N) is 2. The van der Waals surface area contributed by atoms with E-state index >= 15 is 0 Å². The lowest BCUT2D eigenvalue weighted by Gasteiger charge is -2.21. The largest absolute Gasteiger partial charge is 0.494 e.